The lowest BCUT2D eigenvalue weighted by Gasteiger charge is -2.33. The van der Waals surface area contributed by atoms with Crippen LogP contribution in [0.5, 0.6) is 0 Å². The molecule has 0 aliphatic rings. The second kappa shape index (κ2) is 12.4. The van der Waals surface area contributed by atoms with E-state index in [1.165, 1.54) is 10.6 Å². The van der Waals surface area contributed by atoms with Gasteiger partial charge in [-0.2, -0.15) is 0 Å². The zero-order chi connectivity index (χ0) is 27.1. The van der Waals surface area contributed by atoms with E-state index < -0.39 is 21.6 Å². The van der Waals surface area contributed by atoms with Crippen molar-refractivity contribution in [3.8, 4) is 0 Å². The van der Waals surface area contributed by atoms with Gasteiger partial charge in [0.25, 0.3) is 0 Å². The number of nitrogens with one attached hydrogen (secondary N) is 1. The van der Waals surface area contributed by atoms with Crippen molar-refractivity contribution in [2.45, 2.75) is 78.9 Å². The summed E-state index contributed by atoms with van der Waals surface area (Å²) in [5, 5.41) is 3.00. The molecule has 0 bridgehead atoms. The molecule has 0 aliphatic heterocycles. The maximum atomic E-state index is 13.5. The molecule has 0 heterocycles. The van der Waals surface area contributed by atoms with E-state index in [2.05, 4.69) is 5.32 Å². The van der Waals surface area contributed by atoms with Gasteiger partial charge in [0.05, 0.1) is 11.9 Å². The zero-order valence-electron chi connectivity index (χ0n) is 22.7. The molecule has 8 heteroatoms. The maximum absolute atomic E-state index is 13.5. The molecule has 1 atom stereocenters. The predicted molar refractivity (Wildman–Crippen MR) is 146 cm³/mol. The number of carbonyl (C=O) groups is 2. The van der Waals surface area contributed by atoms with Gasteiger partial charge in [0.2, 0.25) is 21.8 Å². The van der Waals surface area contributed by atoms with Crippen molar-refractivity contribution in [2.24, 2.45) is 0 Å². The van der Waals surface area contributed by atoms with E-state index in [-0.39, 0.29) is 24.8 Å². The summed E-state index contributed by atoms with van der Waals surface area (Å²) in [4.78, 5) is 28.2. The number of benzene rings is 2. The second-order valence-corrected chi connectivity index (χ2v) is 12.4. The highest BCUT2D eigenvalue weighted by molar-refractivity contribution is 7.92. The number of hydrogen-bond donors (Lipinski definition) is 1. The minimum atomic E-state index is -3.52. The lowest BCUT2D eigenvalue weighted by Crippen LogP contribution is -2.53. The highest BCUT2D eigenvalue weighted by Crippen LogP contribution is 2.21. The summed E-state index contributed by atoms with van der Waals surface area (Å²) < 4.78 is 26.3. The van der Waals surface area contributed by atoms with Crippen molar-refractivity contribution in [3.63, 3.8) is 0 Å². The van der Waals surface area contributed by atoms with Gasteiger partial charge in [-0.25, -0.2) is 8.42 Å². The Morgan fingerprint density at radius 2 is 1.64 bits per heavy atom. The smallest absolute Gasteiger partial charge is 0.243 e. The average Bonchev–Trinajstić information content (AvgIpc) is 2.75. The normalized spacial score (nSPS) is 12.6. The molecule has 0 aromatic heterocycles. The Kier molecular flexibility index (Phi) is 10.1. The molecule has 36 heavy (non-hydrogen) atoms. The van der Waals surface area contributed by atoms with E-state index in [4.69, 9.17) is 0 Å². The first-order valence-corrected chi connectivity index (χ1v) is 14.3. The molecule has 0 spiro atoms. The van der Waals surface area contributed by atoms with Gasteiger partial charge in [-0.3, -0.25) is 13.9 Å². The fourth-order valence-electron chi connectivity index (χ4n) is 4.05. The van der Waals surface area contributed by atoms with Crippen molar-refractivity contribution in [2.75, 3.05) is 17.1 Å². The number of hydrogen-bond acceptors (Lipinski definition) is 4. The molecule has 0 radical (unpaired) electrons. The molecule has 0 unspecified atom stereocenters. The van der Waals surface area contributed by atoms with Gasteiger partial charge >= 0.3 is 0 Å². The van der Waals surface area contributed by atoms with Crippen LogP contribution in [0.25, 0.3) is 0 Å². The Hall–Kier alpha value is -2.87. The van der Waals surface area contributed by atoms with Crippen LogP contribution in [0.3, 0.4) is 0 Å². The van der Waals surface area contributed by atoms with E-state index in [0.717, 1.165) is 16.7 Å². The van der Waals surface area contributed by atoms with Gasteiger partial charge in [0.1, 0.15) is 6.04 Å². The SMILES string of the molecule is CC[C@@H](C(=O)NC(C)(C)C)N(Cc1ccc(C)cc1)C(=O)CCCN(c1cccc(C)c1)S(C)(=O)=O. The monoisotopic (exact) mass is 515 g/mol. The number of rotatable bonds is 11. The Morgan fingerprint density at radius 3 is 2.17 bits per heavy atom. The van der Waals surface area contributed by atoms with Crippen molar-refractivity contribution in [1.82, 2.24) is 10.2 Å². The van der Waals surface area contributed by atoms with Crippen LogP contribution in [0.4, 0.5) is 5.69 Å². The average molecular weight is 516 g/mol. The van der Waals surface area contributed by atoms with E-state index >= 15 is 0 Å². The summed E-state index contributed by atoms with van der Waals surface area (Å²) in [6, 6.07) is 14.6. The van der Waals surface area contributed by atoms with E-state index in [1.807, 2.05) is 84.0 Å². The summed E-state index contributed by atoms with van der Waals surface area (Å²) >= 11 is 0. The van der Waals surface area contributed by atoms with Crippen LogP contribution in [0.1, 0.15) is 63.6 Å². The Bertz CT molecular complexity index is 1140. The molecule has 2 rings (SSSR count). The molecule has 1 N–H and O–H groups in total. The zero-order valence-corrected chi connectivity index (χ0v) is 23.5. The molecule has 2 amide bonds. The third kappa shape index (κ3) is 8.97. The van der Waals surface area contributed by atoms with E-state index in [1.54, 1.807) is 11.0 Å². The van der Waals surface area contributed by atoms with Gasteiger partial charge in [-0.05, 0) is 70.7 Å². The minimum Gasteiger partial charge on any atom is -0.350 e. The maximum Gasteiger partial charge on any atom is 0.243 e. The molecule has 0 fully saturated rings. The first kappa shape index (κ1) is 29.4. The Morgan fingerprint density at radius 1 is 1.00 bits per heavy atom. The molecule has 2 aromatic carbocycles. The number of nitrogens with zero attached hydrogens (tertiary/aromatic N) is 2. The first-order valence-electron chi connectivity index (χ1n) is 12.4. The van der Waals surface area contributed by atoms with Crippen molar-refractivity contribution < 1.29 is 18.0 Å². The quantitative estimate of drug-likeness (QED) is 0.475. The molecule has 7 nitrogen and oxygen atoms in total. The van der Waals surface area contributed by atoms with Gasteiger partial charge in [-0.15, -0.1) is 0 Å². The number of amides is 2. The fraction of sp³-hybridized carbons (Fsp3) is 0.500. The molecule has 0 saturated heterocycles. The number of sulfonamides is 1. The topological polar surface area (TPSA) is 86.8 Å². The summed E-state index contributed by atoms with van der Waals surface area (Å²) in [6.45, 7) is 12.0. The largest absolute Gasteiger partial charge is 0.350 e. The third-order valence-corrected chi connectivity index (χ3v) is 6.99. The highest BCUT2D eigenvalue weighted by Gasteiger charge is 2.30. The highest BCUT2D eigenvalue weighted by atomic mass is 32.2. The number of aryl methyl sites for hydroxylation is 2. The van der Waals surface area contributed by atoms with Crippen molar-refractivity contribution in [3.05, 3.63) is 65.2 Å². The van der Waals surface area contributed by atoms with E-state index in [0.29, 0.717) is 25.1 Å². The number of carbonyl (C=O) groups excluding carboxylic acids is 2. The fourth-order valence-corrected chi connectivity index (χ4v) is 5.01. The second-order valence-electron chi connectivity index (χ2n) is 10.4. The van der Waals surface area contributed by atoms with Crippen LogP contribution in [0.2, 0.25) is 0 Å². The molecule has 0 aliphatic carbocycles. The van der Waals surface area contributed by atoms with Gasteiger partial charge in [0.15, 0.2) is 0 Å². The predicted octanol–water partition coefficient (Wildman–Crippen LogP) is 4.57. The lowest BCUT2D eigenvalue weighted by atomic mass is 10.0. The van der Waals surface area contributed by atoms with Crippen LogP contribution < -0.4 is 9.62 Å². The molecule has 198 valence electrons. The van der Waals surface area contributed by atoms with Crippen LogP contribution in [-0.2, 0) is 26.2 Å². The summed E-state index contributed by atoms with van der Waals surface area (Å²) in [5.74, 6) is -0.368. The van der Waals surface area contributed by atoms with Crippen LogP contribution in [-0.4, -0.2) is 49.5 Å². The summed E-state index contributed by atoms with van der Waals surface area (Å²) in [5.41, 5.74) is 3.17. The summed E-state index contributed by atoms with van der Waals surface area (Å²) in [6.07, 6.45) is 2.10. The first-order chi connectivity index (χ1) is 16.7. The third-order valence-electron chi connectivity index (χ3n) is 5.80. The summed E-state index contributed by atoms with van der Waals surface area (Å²) in [7, 11) is -3.52. The standard InChI is InChI=1S/C28H41N3O4S/c1-8-25(27(33)29-28(4,5)6)30(20-23-16-14-21(2)15-17-23)26(32)13-10-18-31(36(7,34)35)24-12-9-11-22(3)19-24/h9,11-12,14-17,19,25H,8,10,13,18,20H2,1-7H3,(H,29,33)/t25-/m0/s1. The molecule has 0 saturated carbocycles. The number of anilines is 1. The van der Waals surface area contributed by atoms with Gasteiger partial charge in [-0.1, -0.05) is 48.9 Å². The van der Waals surface area contributed by atoms with Crippen molar-refractivity contribution in [1.29, 1.82) is 0 Å². The van der Waals surface area contributed by atoms with Crippen LogP contribution >= 0.6 is 0 Å². The van der Waals surface area contributed by atoms with Gasteiger partial charge < -0.3 is 10.2 Å². The van der Waals surface area contributed by atoms with E-state index in [9.17, 15) is 18.0 Å². The Labute approximate surface area is 216 Å². The van der Waals surface area contributed by atoms with Crippen LogP contribution in [0, 0.1) is 13.8 Å². The Balaban J connectivity index is 2.23. The molecule has 2 aromatic rings. The van der Waals surface area contributed by atoms with Crippen LogP contribution in [0.15, 0.2) is 48.5 Å². The lowest BCUT2D eigenvalue weighted by molar-refractivity contribution is -0.142. The molecular formula is C28H41N3O4S. The van der Waals surface area contributed by atoms with Gasteiger partial charge in [0, 0.05) is 25.0 Å². The minimum absolute atomic E-state index is 0.128. The molecular weight excluding hydrogens is 474 g/mol. The van der Waals surface area contributed by atoms with Crippen molar-refractivity contribution >= 4 is 27.5 Å².